The minimum Gasteiger partial charge on any atom is -0.394 e. The molecule has 63 heavy (non-hydrogen) atoms. The van der Waals surface area contributed by atoms with E-state index in [0.29, 0.717) is 12.8 Å². The van der Waals surface area contributed by atoms with Gasteiger partial charge in [0, 0.05) is 6.42 Å². The Balaban J connectivity index is 1.91. The van der Waals surface area contributed by atoms with Gasteiger partial charge in [-0.25, -0.2) is 0 Å². The van der Waals surface area contributed by atoms with E-state index in [1.807, 2.05) is 6.08 Å². The molecule has 0 bridgehead atoms. The van der Waals surface area contributed by atoms with Gasteiger partial charge >= 0.3 is 0 Å². The van der Waals surface area contributed by atoms with E-state index in [1.54, 1.807) is 6.08 Å². The van der Waals surface area contributed by atoms with E-state index in [-0.39, 0.29) is 18.9 Å². The molecule has 14 heteroatoms. The minimum absolute atomic E-state index is 0.251. The van der Waals surface area contributed by atoms with Gasteiger partial charge in [0.25, 0.3) is 0 Å². The standard InChI is InChI=1S/C49H85NO13/c1-3-5-7-9-11-13-15-17-18-19-21-23-25-27-29-31-33-41(54)50-37(38(53)32-30-28-26-24-22-20-16-14-12-10-8-6-4-2)36-60-48-46(59)44(57)47(40(35-52)62-48)63-49-45(58)43(56)42(55)39(34-51)61-49/h12-15,18-19,22,24,30,32,37-40,42-49,51-53,55-59H,3-11,16-17,20-21,23,25-29,31,33-36H2,1-2H3,(H,50,54)/b14-12+,15-13-,19-18-,24-22+,32-30+. The Bertz CT molecular complexity index is 1290. The minimum atomic E-state index is -1.79. The summed E-state index contributed by atoms with van der Waals surface area (Å²) in [5, 5.41) is 86.5. The summed E-state index contributed by atoms with van der Waals surface area (Å²) in [5.41, 5.74) is 0. The van der Waals surface area contributed by atoms with Gasteiger partial charge in [-0.15, -0.1) is 0 Å². The number of amides is 1. The lowest BCUT2D eigenvalue weighted by molar-refractivity contribution is -0.359. The zero-order valence-electron chi connectivity index (χ0n) is 38.3. The lowest BCUT2D eigenvalue weighted by Crippen LogP contribution is -2.65. The van der Waals surface area contributed by atoms with Crippen LogP contribution in [0.5, 0.6) is 0 Å². The average Bonchev–Trinajstić information content (AvgIpc) is 3.28. The van der Waals surface area contributed by atoms with Crippen molar-refractivity contribution in [3.63, 3.8) is 0 Å². The number of ether oxygens (including phenoxy) is 4. The summed E-state index contributed by atoms with van der Waals surface area (Å²) < 4.78 is 22.6. The van der Waals surface area contributed by atoms with Crippen molar-refractivity contribution in [2.75, 3.05) is 19.8 Å². The van der Waals surface area contributed by atoms with Crippen LogP contribution in [-0.4, -0.2) is 140 Å². The Labute approximate surface area is 377 Å². The summed E-state index contributed by atoms with van der Waals surface area (Å²) in [4.78, 5) is 13.1. The number of hydrogen-bond donors (Lipinski definition) is 9. The summed E-state index contributed by atoms with van der Waals surface area (Å²) in [6, 6.07) is -0.945. The Morgan fingerprint density at radius 1 is 0.571 bits per heavy atom. The van der Waals surface area contributed by atoms with Crippen LogP contribution < -0.4 is 5.32 Å². The topological polar surface area (TPSA) is 228 Å². The van der Waals surface area contributed by atoms with E-state index in [2.05, 4.69) is 67.8 Å². The average molecular weight is 896 g/mol. The van der Waals surface area contributed by atoms with Crippen LogP contribution in [0.15, 0.2) is 60.8 Å². The smallest absolute Gasteiger partial charge is 0.220 e. The largest absolute Gasteiger partial charge is 0.394 e. The lowest BCUT2D eigenvalue weighted by Gasteiger charge is -2.46. The third-order valence-electron chi connectivity index (χ3n) is 11.4. The number of carbonyl (C=O) groups is 1. The van der Waals surface area contributed by atoms with Crippen LogP contribution in [-0.2, 0) is 23.7 Å². The van der Waals surface area contributed by atoms with Crippen molar-refractivity contribution < 1.29 is 64.6 Å². The fraction of sp³-hybridized carbons (Fsp3) is 0.776. The highest BCUT2D eigenvalue weighted by Gasteiger charge is 2.51. The van der Waals surface area contributed by atoms with E-state index < -0.39 is 86.8 Å². The van der Waals surface area contributed by atoms with Crippen molar-refractivity contribution in [2.45, 2.75) is 222 Å². The zero-order chi connectivity index (χ0) is 46.1. The van der Waals surface area contributed by atoms with E-state index >= 15 is 0 Å². The van der Waals surface area contributed by atoms with Crippen molar-refractivity contribution in [1.82, 2.24) is 5.32 Å². The molecule has 0 aromatic heterocycles. The number of rotatable bonds is 35. The first-order valence-electron chi connectivity index (χ1n) is 24.0. The molecule has 9 N–H and O–H groups in total. The number of aliphatic hydroxyl groups excluding tert-OH is 8. The predicted octanol–water partition coefficient (Wildman–Crippen LogP) is 5.49. The molecule has 0 aliphatic carbocycles. The number of unbranched alkanes of at least 4 members (excludes halogenated alkanes) is 14. The van der Waals surface area contributed by atoms with Crippen molar-refractivity contribution in [3.05, 3.63) is 60.8 Å². The van der Waals surface area contributed by atoms with Crippen LogP contribution in [0.3, 0.4) is 0 Å². The number of nitrogens with one attached hydrogen (secondary N) is 1. The fourth-order valence-electron chi connectivity index (χ4n) is 7.41. The quantitative estimate of drug-likeness (QED) is 0.0284. The first kappa shape index (κ1) is 56.8. The van der Waals surface area contributed by atoms with E-state index in [1.165, 1.54) is 44.9 Å². The molecule has 364 valence electrons. The molecule has 2 aliphatic heterocycles. The van der Waals surface area contributed by atoms with Crippen LogP contribution in [0.1, 0.15) is 149 Å². The second-order valence-corrected chi connectivity index (χ2v) is 16.9. The molecule has 1 amide bonds. The third-order valence-corrected chi connectivity index (χ3v) is 11.4. The maximum atomic E-state index is 13.1. The zero-order valence-corrected chi connectivity index (χ0v) is 38.3. The highest BCUT2D eigenvalue weighted by molar-refractivity contribution is 5.76. The molecule has 12 unspecified atom stereocenters. The van der Waals surface area contributed by atoms with Gasteiger partial charge in [-0.2, -0.15) is 0 Å². The molecule has 2 heterocycles. The maximum absolute atomic E-state index is 13.1. The molecule has 2 aliphatic rings. The van der Waals surface area contributed by atoms with E-state index in [9.17, 15) is 45.6 Å². The Morgan fingerprint density at radius 3 is 1.68 bits per heavy atom. The van der Waals surface area contributed by atoms with Gasteiger partial charge in [0.15, 0.2) is 12.6 Å². The molecule has 12 atom stereocenters. The molecule has 0 saturated carbocycles. The highest BCUT2D eigenvalue weighted by Crippen LogP contribution is 2.30. The Kier molecular flexibility index (Phi) is 32.4. The molecule has 2 saturated heterocycles. The number of allylic oxidation sites excluding steroid dienone is 9. The van der Waals surface area contributed by atoms with E-state index in [4.69, 9.17) is 18.9 Å². The summed E-state index contributed by atoms with van der Waals surface area (Å²) >= 11 is 0. The maximum Gasteiger partial charge on any atom is 0.220 e. The van der Waals surface area contributed by atoms with Gasteiger partial charge in [0.05, 0.1) is 32.0 Å². The monoisotopic (exact) mass is 896 g/mol. The highest BCUT2D eigenvalue weighted by atomic mass is 16.7. The Hall–Kier alpha value is -2.31. The van der Waals surface area contributed by atoms with Crippen molar-refractivity contribution in [1.29, 1.82) is 0 Å². The fourth-order valence-corrected chi connectivity index (χ4v) is 7.41. The van der Waals surface area contributed by atoms with Crippen molar-refractivity contribution in [3.8, 4) is 0 Å². The number of aliphatic hydroxyl groups is 8. The molecule has 0 spiro atoms. The van der Waals surface area contributed by atoms with Crippen LogP contribution >= 0.6 is 0 Å². The van der Waals surface area contributed by atoms with Crippen LogP contribution in [0.4, 0.5) is 0 Å². The Morgan fingerprint density at radius 2 is 1.06 bits per heavy atom. The van der Waals surface area contributed by atoms with Gasteiger partial charge in [-0.3, -0.25) is 4.79 Å². The molecule has 2 fully saturated rings. The molecule has 14 nitrogen and oxygen atoms in total. The third kappa shape index (κ3) is 23.6. The van der Waals surface area contributed by atoms with Crippen LogP contribution in [0.2, 0.25) is 0 Å². The predicted molar refractivity (Wildman–Crippen MR) is 244 cm³/mol. The SMILES string of the molecule is CCCCC/C=C/CC/C=C/CC/C=C/C(O)C(COC1OC(CO)C(OC2OC(CO)C(O)C(O)C2O)C(O)C1O)NC(=O)CCCCCCC/C=C\C/C=C\CCCCCC. The van der Waals surface area contributed by atoms with Crippen molar-refractivity contribution >= 4 is 5.91 Å². The van der Waals surface area contributed by atoms with Gasteiger partial charge < -0.3 is 65.1 Å². The van der Waals surface area contributed by atoms with Crippen LogP contribution in [0, 0.1) is 0 Å². The second kappa shape index (κ2) is 35.9. The van der Waals surface area contributed by atoms with Crippen molar-refractivity contribution in [2.24, 2.45) is 0 Å². The van der Waals surface area contributed by atoms with Gasteiger partial charge in [0.2, 0.25) is 5.91 Å². The molecule has 0 aromatic rings. The number of hydrogen-bond acceptors (Lipinski definition) is 13. The van der Waals surface area contributed by atoms with Crippen LogP contribution in [0.25, 0.3) is 0 Å². The summed E-state index contributed by atoms with van der Waals surface area (Å²) in [7, 11) is 0. The summed E-state index contributed by atoms with van der Waals surface area (Å²) in [6.45, 7) is 2.67. The molecule has 0 radical (unpaired) electrons. The molecular formula is C49H85NO13. The van der Waals surface area contributed by atoms with E-state index in [0.717, 1.165) is 70.6 Å². The molecule has 2 rings (SSSR count). The first-order chi connectivity index (χ1) is 30.6. The normalized spacial score (nSPS) is 28.0. The summed E-state index contributed by atoms with van der Waals surface area (Å²) in [6.07, 6.45) is 25.5. The summed E-state index contributed by atoms with van der Waals surface area (Å²) in [5.74, 6) is -0.272. The van der Waals surface area contributed by atoms with Gasteiger partial charge in [-0.05, 0) is 77.0 Å². The van der Waals surface area contributed by atoms with Gasteiger partial charge in [0.1, 0.15) is 48.8 Å². The van der Waals surface area contributed by atoms with Gasteiger partial charge in [-0.1, -0.05) is 126 Å². The lowest BCUT2D eigenvalue weighted by atomic mass is 9.97. The second-order valence-electron chi connectivity index (χ2n) is 16.9. The molecular weight excluding hydrogens is 811 g/mol. The first-order valence-corrected chi connectivity index (χ1v) is 24.0. The molecule has 0 aromatic carbocycles. The number of carbonyl (C=O) groups excluding carboxylic acids is 1.